The Balaban J connectivity index is 2.31. The molecule has 0 unspecified atom stereocenters. The molecule has 0 saturated carbocycles. The maximum absolute atomic E-state index is 12.7. The minimum absolute atomic E-state index is 0.149. The van der Waals surface area contributed by atoms with E-state index in [1.807, 2.05) is 42.5 Å². The summed E-state index contributed by atoms with van der Waals surface area (Å²) in [6.45, 7) is 0. The monoisotopic (exact) mass is 288 g/mol. The van der Waals surface area contributed by atoms with Gasteiger partial charge in [-0.15, -0.1) is 0 Å². The third-order valence-corrected chi connectivity index (χ3v) is 6.35. The van der Waals surface area contributed by atoms with E-state index < -0.39 is 7.53 Å². The van der Waals surface area contributed by atoms with Crippen molar-refractivity contribution in [3.63, 3.8) is 0 Å². The first-order chi connectivity index (χ1) is 10.4. The van der Waals surface area contributed by atoms with Crippen molar-refractivity contribution in [1.29, 1.82) is 0 Å². The second-order valence-electron chi connectivity index (χ2n) is 5.03. The first kappa shape index (κ1) is 12.4. The van der Waals surface area contributed by atoms with Gasteiger partial charge in [0.25, 0.3) is 0 Å². The fourth-order valence-corrected chi connectivity index (χ4v) is 5.44. The van der Waals surface area contributed by atoms with Gasteiger partial charge in [0.1, 0.15) is 0 Å². The molecule has 0 bridgehead atoms. The molecule has 0 atom stereocenters. The van der Waals surface area contributed by atoms with Crippen LogP contribution in [0.1, 0.15) is 0 Å². The average Bonchev–Trinajstić information content (AvgIpc) is 2.56. The Morgan fingerprint density at radius 3 is 1.62 bits per heavy atom. The van der Waals surface area contributed by atoms with Crippen LogP contribution in [-0.4, -0.2) is 0 Å². The van der Waals surface area contributed by atoms with E-state index in [9.17, 15) is 4.79 Å². The molecule has 0 N–H and O–H groups in total. The van der Waals surface area contributed by atoms with Crippen molar-refractivity contribution in [3.05, 3.63) is 89.1 Å². The molecule has 4 aromatic rings. The lowest BCUT2D eigenvalue weighted by molar-refractivity contribution is 1.73. The average molecular weight is 288 g/mol. The van der Waals surface area contributed by atoms with E-state index in [0.717, 1.165) is 10.8 Å². The Kier molecular flexibility index (Phi) is 2.87. The van der Waals surface area contributed by atoms with Gasteiger partial charge in [-0.2, -0.15) is 0 Å². The number of hydrogen-bond donors (Lipinski definition) is 0. The lowest BCUT2D eigenvalue weighted by Gasteiger charge is -2.11. The van der Waals surface area contributed by atoms with E-state index in [1.54, 1.807) is 0 Å². The maximum Gasteiger partial charge on any atom is 0.194 e. The molecule has 1 heterocycles. The Labute approximate surface area is 123 Å². The summed E-state index contributed by atoms with van der Waals surface area (Å²) in [6.07, 6.45) is 0. The van der Waals surface area contributed by atoms with Gasteiger partial charge < -0.3 is 0 Å². The predicted octanol–water partition coefficient (Wildman–Crippen LogP) is 5.33. The Hall–Kier alpha value is -2.37. The van der Waals surface area contributed by atoms with Gasteiger partial charge in [-0.05, 0) is 17.4 Å². The predicted molar refractivity (Wildman–Crippen MR) is 91.8 cm³/mol. The fourth-order valence-electron chi connectivity index (χ4n) is 2.85. The van der Waals surface area contributed by atoms with Gasteiger partial charge >= 0.3 is 0 Å². The van der Waals surface area contributed by atoms with Crippen LogP contribution in [0.2, 0.25) is 0 Å². The quantitative estimate of drug-likeness (QED) is 0.433. The second kappa shape index (κ2) is 4.87. The van der Waals surface area contributed by atoms with Crippen molar-refractivity contribution in [1.82, 2.24) is 0 Å². The van der Waals surface area contributed by atoms with Gasteiger partial charge in [0, 0.05) is 21.0 Å². The highest BCUT2D eigenvalue weighted by Gasteiger charge is 2.11. The number of hydrogen-bond acceptors (Lipinski definition) is 1. The van der Waals surface area contributed by atoms with E-state index in [0.29, 0.717) is 0 Å². The van der Waals surface area contributed by atoms with Crippen LogP contribution >= 0.6 is 7.53 Å². The molecule has 0 aliphatic heterocycles. The SMILES string of the molecule is O=c1c2ccccc2p(-c2ccccc2)c2ccccc12. The van der Waals surface area contributed by atoms with E-state index in [1.165, 1.54) is 15.5 Å². The van der Waals surface area contributed by atoms with Crippen LogP contribution in [0.25, 0.3) is 26.3 Å². The summed E-state index contributed by atoms with van der Waals surface area (Å²) in [5, 5.41) is 5.34. The maximum atomic E-state index is 12.7. The van der Waals surface area contributed by atoms with Crippen molar-refractivity contribution in [2.75, 3.05) is 0 Å². The number of fused-ring (bicyclic) bond motifs is 2. The summed E-state index contributed by atoms with van der Waals surface area (Å²) in [5.74, 6) is 0. The van der Waals surface area contributed by atoms with Crippen molar-refractivity contribution in [3.8, 4) is 5.30 Å². The molecule has 0 radical (unpaired) electrons. The van der Waals surface area contributed by atoms with Crippen molar-refractivity contribution in [2.45, 2.75) is 0 Å². The molecule has 0 saturated heterocycles. The van der Waals surface area contributed by atoms with Crippen molar-refractivity contribution in [2.24, 2.45) is 0 Å². The molecule has 0 aliphatic carbocycles. The first-order valence-electron chi connectivity index (χ1n) is 6.94. The molecule has 3 aromatic carbocycles. The molecular weight excluding hydrogens is 275 g/mol. The van der Waals surface area contributed by atoms with Gasteiger partial charge in [-0.1, -0.05) is 74.3 Å². The molecule has 0 amide bonds. The molecule has 21 heavy (non-hydrogen) atoms. The number of benzene rings is 3. The normalized spacial score (nSPS) is 11.0. The smallest absolute Gasteiger partial charge is 0.194 e. The van der Waals surface area contributed by atoms with Crippen molar-refractivity contribution >= 4 is 28.5 Å². The molecule has 100 valence electrons. The molecule has 0 fully saturated rings. The van der Waals surface area contributed by atoms with Crippen LogP contribution in [-0.2, 0) is 0 Å². The zero-order chi connectivity index (χ0) is 14.2. The van der Waals surface area contributed by atoms with Crippen LogP contribution in [0.15, 0.2) is 83.7 Å². The highest BCUT2D eigenvalue weighted by molar-refractivity contribution is 7.67. The minimum atomic E-state index is -0.646. The molecule has 4 rings (SSSR count). The summed E-state index contributed by atoms with van der Waals surface area (Å²) >= 11 is 0. The highest BCUT2D eigenvalue weighted by Crippen LogP contribution is 2.50. The van der Waals surface area contributed by atoms with Gasteiger partial charge in [0.15, 0.2) is 5.43 Å². The van der Waals surface area contributed by atoms with Gasteiger partial charge in [0.2, 0.25) is 0 Å². The van der Waals surface area contributed by atoms with Crippen LogP contribution in [0, 0.1) is 0 Å². The van der Waals surface area contributed by atoms with Crippen LogP contribution in [0.3, 0.4) is 0 Å². The van der Waals surface area contributed by atoms with Crippen molar-refractivity contribution < 1.29 is 0 Å². The lowest BCUT2D eigenvalue weighted by Crippen LogP contribution is -2.00. The van der Waals surface area contributed by atoms with E-state index in [4.69, 9.17) is 0 Å². The van der Waals surface area contributed by atoms with E-state index in [2.05, 4.69) is 36.4 Å². The Morgan fingerprint density at radius 2 is 1.05 bits per heavy atom. The van der Waals surface area contributed by atoms with Gasteiger partial charge in [-0.3, -0.25) is 4.79 Å². The van der Waals surface area contributed by atoms with Gasteiger partial charge in [-0.25, -0.2) is 0 Å². The fraction of sp³-hybridized carbons (Fsp3) is 0. The molecular formula is C19H13OP. The molecule has 2 heteroatoms. The number of rotatable bonds is 1. The third-order valence-electron chi connectivity index (χ3n) is 3.79. The molecule has 1 aromatic heterocycles. The molecule has 1 nitrogen and oxygen atoms in total. The second-order valence-corrected chi connectivity index (χ2v) is 7.19. The van der Waals surface area contributed by atoms with E-state index in [-0.39, 0.29) is 5.43 Å². The zero-order valence-corrected chi connectivity index (χ0v) is 12.3. The van der Waals surface area contributed by atoms with E-state index >= 15 is 0 Å². The first-order valence-corrected chi connectivity index (χ1v) is 8.28. The zero-order valence-electron chi connectivity index (χ0n) is 11.4. The largest absolute Gasteiger partial charge is 0.289 e. The summed E-state index contributed by atoms with van der Waals surface area (Å²) in [7, 11) is -0.646. The topological polar surface area (TPSA) is 17.1 Å². The summed E-state index contributed by atoms with van der Waals surface area (Å²) < 4.78 is 0. The van der Waals surface area contributed by atoms with Crippen LogP contribution in [0.4, 0.5) is 0 Å². The third kappa shape index (κ3) is 1.90. The van der Waals surface area contributed by atoms with Gasteiger partial charge in [0.05, 0.1) is 0 Å². The summed E-state index contributed by atoms with van der Waals surface area (Å²) in [5.41, 5.74) is 0.149. The summed E-state index contributed by atoms with van der Waals surface area (Å²) in [4.78, 5) is 12.7. The minimum Gasteiger partial charge on any atom is -0.289 e. The Morgan fingerprint density at radius 1 is 0.571 bits per heavy atom. The standard InChI is InChI=1S/C19H13OP/c20-19-15-10-4-6-12-17(15)21(14-8-2-1-3-9-14)18-13-7-5-11-16(18)19/h1-13H. The highest BCUT2D eigenvalue weighted by atomic mass is 31.1. The molecule has 0 spiro atoms. The van der Waals surface area contributed by atoms with Crippen LogP contribution < -0.4 is 5.43 Å². The lowest BCUT2D eigenvalue weighted by atomic mass is 10.2. The molecule has 0 aliphatic rings. The summed E-state index contributed by atoms with van der Waals surface area (Å²) in [6, 6.07) is 26.5. The Bertz CT molecular complexity index is 940. The van der Waals surface area contributed by atoms with Crippen LogP contribution in [0.5, 0.6) is 0 Å².